The van der Waals surface area contributed by atoms with E-state index in [9.17, 15) is 4.79 Å². The Balaban J connectivity index is 2.78. The van der Waals surface area contributed by atoms with E-state index in [0.29, 0.717) is 6.61 Å². The molecule has 0 aliphatic rings. The number of allylic oxidation sites excluding steroid dienone is 1. The van der Waals surface area contributed by atoms with Crippen LogP contribution in [0.1, 0.15) is 31.2 Å². The molecule has 0 spiro atoms. The second-order valence-electron chi connectivity index (χ2n) is 3.58. The zero-order chi connectivity index (χ0) is 11.8. The fraction of sp³-hybridized carbons (Fsp3) is 0.357. The molecule has 2 heteroatoms. The maximum Gasteiger partial charge on any atom is 0.313 e. The quantitative estimate of drug-likeness (QED) is 0.541. The molecule has 0 fully saturated rings. The van der Waals surface area contributed by atoms with Crippen molar-refractivity contribution >= 4 is 5.97 Å². The van der Waals surface area contributed by atoms with Gasteiger partial charge in [-0.15, -0.1) is 6.58 Å². The second kappa shape index (κ2) is 6.83. The maximum atomic E-state index is 11.8. The van der Waals surface area contributed by atoms with E-state index in [1.54, 1.807) is 0 Å². The summed E-state index contributed by atoms with van der Waals surface area (Å²) < 4.78 is 5.08. The highest BCUT2D eigenvalue weighted by Gasteiger charge is 2.20. The van der Waals surface area contributed by atoms with Crippen LogP contribution in [-0.2, 0) is 9.53 Å². The average Bonchev–Trinajstić information content (AvgIpc) is 2.31. The largest absolute Gasteiger partial charge is 0.466 e. The molecule has 0 N–H and O–H groups in total. The van der Waals surface area contributed by atoms with Crippen molar-refractivity contribution in [1.82, 2.24) is 0 Å². The Kier molecular flexibility index (Phi) is 5.34. The lowest BCUT2D eigenvalue weighted by Crippen LogP contribution is -2.15. The van der Waals surface area contributed by atoms with Gasteiger partial charge in [0.1, 0.15) is 0 Å². The standard InChI is InChI=1S/C14H18O2/c1-3-5-11-13(14(15)16-4-2)12-9-7-6-8-10-12/h3,6-10,13H,1,4-5,11H2,2H3/t13-/m0/s1. The summed E-state index contributed by atoms with van der Waals surface area (Å²) in [4.78, 5) is 11.8. The third-order valence-corrected chi connectivity index (χ3v) is 2.43. The van der Waals surface area contributed by atoms with Crippen LogP contribution in [0.5, 0.6) is 0 Å². The van der Waals surface area contributed by atoms with Crippen LogP contribution in [0.15, 0.2) is 43.0 Å². The van der Waals surface area contributed by atoms with E-state index in [-0.39, 0.29) is 11.9 Å². The molecule has 0 bridgehead atoms. The van der Waals surface area contributed by atoms with E-state index in [1.165, 1.54) is 0 Å². The molecule has 16 heavy (non-hydrogen) atoms. The Bertz CT molecular complexity index is 330. The number of carbonyl (C=O) groups excluding carboxylic acids is 1. The van der Waals surface area contributed by atoms with Crippen LogP contribution in [-0.4, -0.2) is 12.6 Å². The number of benzene rings is 1. The maximum absolute atomic E-state index is 11.8. The van der Waals surface area contributed by atoms with Crippen LogP contribution in [0, 0.1) is 0 Å². The van der Waals surface area contributed by atoms with E-state index in [0.717, 1.165) is 18.4 Å². The van der Waals surface area contributed by atoms with E-state index < -0.39 is 0 Å². The fourth-order valence-electron chi connectivity index (χ4n) is 1.63. The highest BCUT2D eigenvalue weighted by atomic mass is 16.5. The van der Waals surface area contributed by atoms with Crippen LogP contribution in [0.25, 0.3) is 0 Å². The Hall–Kier alpha value is -1.57. The normalized spacial score (nSPS) is 11.8. The topological polar surface area (TPSA) is 26.3 Å². The molecule has 1 rings (SSSR count). The van der Waals surface area contributed by atoms with Gasteiger partial charge in [0.05, 0.1) is 12.5 Å². The molecular formula is C14H18O2. The van der Waals surface area contributed by atoms with Gasteiger partial charge in [-0.1, -0.05) is 36.4 Å². The van der Waals surface area contributed by atoms with Gasteiger partial charge < -0.3 is 4.74 Å². The minimum atomic E-state index is -0.167. The average molecular weight is 218 g/mol. The molecule has 0 aliphatic heterocycles. The lowest BCUT2D eigenvalue weighted by Gasteiger charge is -2.14. The molecule has 0 saturated carbocycles. The van der Waals surface area contributed by atoms with Crippen LogP contribution < -0.4 is 0 Å². The lowest BCUT2D eigenvalue weighted by molar-refractivity contribution is -0.145. The van der Waals surface area contributed by atoms with E-state index in [2.05, 4.69) is 6.58 Å². The van der Waals surface area contributed by atoms with Gasteiger partial charge in [-0.05, 0) is 25.3 Å². The Morgan fingerprint density at radius 3 is 2.69 bits per heavy atom. The minimum absolute atomic E-state index is 0.143. The van der Waals surface area contributed by atoms with Crippen molar-refractivity contribution in [3.8, 4) is 0 Å². The van der Waals surface area contributed by atoms with Crippen LogP contribution in [0.2, 0.25) is 0 Å². The van der Waals surface area contributed by atoms with E-state index in [4.69, 9.17) is 4.74 Å². The summed E-state index contributed by atoms with van der Waals surface area (Å²) in [6.45, 7) is 5.93. The number of rotatable bonds is 6. The zero-order valence-corrected chi connectivity index (χ0v) is 9.69. The van der Waals surface area contributed by atoms with Crippen LogP contribution in [0.3, 0.4) is 0 Å². The monoisotopic (exact) mass is 218 g/mol. The van der Waals surface area contributed by atoms with Crippen molar-refractivity contribution in [2.24, 2.45) is 0 Å². The molecule has 1 atom stereocenters. The van der Waals surface area contributed by atoms with E-state index >= 15 is 0 Å². The van der Waals surface area contributed by atoms with Gasteiger partial charge in [-0.3, -0.25) is 4.79 Å². The van der Waals surface area contributed by atoms with Gasteiger partial charge in [-0.25, -0.2) is 0 Å². The summed E-state index contributed by atoms with van der Waals surface area (Å²) in [5.74, 6) is -0.310. The van der Waals surface area contributed by atoms with Crippen molar-refractivity contribution < 1.29 is 9.53 Å². The summed E-state index contributed by atoms with van der Waals surface area (Å²) >= 11 is 0. The molecule has 0 saturated heterocycles. The first-order valence-corrected chi connectivity index (χ1v) is 5.62. The zero-order valence-electron chi connectivity index (χ0n) is 9.69. The Morgan fingerprint density at radius 1 is 1.44 bits per heavy atom. The third-order valence-electron chi connectivity index (χ3n) is 2.43. The highest BCUT2D eigenvalue weighted by molar-refractivity contribution is 5.78. The number of hydrogen-bond acceptors (Lipinski definition) is 2. The van der Waals surface area contributed by atoms with Crippen molar-refractivity contribution in [2.75, 3.05) is 6.61 Å². The smallest absolute Gasteiger partial charge is 0.313 e. The van der Waals surface area contributed by atoms with Gasteiger partial charge in [0.15, 0.2) is 0 Å². The Morgan fingerprint density at radius 2 is 2.12 bits per heavy atom. The van der Waals surface area contributed by atoms with Crippen molar-refractivity contribution in [3.63, 3.8) is 0 Å². The number of ether oxygens (including phenoxy) is 1. The summed E-state index contributed by atoms with van der Waals surface area (Å²) in [7, 11) is 0. The Labute approximate surface area is 96.9 Å². The third kappa shape index (κ3) is 3.54. The second-order valence-corrected chi connectivity index (χ2v) is 3.58. The predicted octanol–water partition coefficient (Wildman–Crippen LogP) is 3.30. The van der Waals surface area contributed by atoms with Crippen molar-refractivity contribution in [1.29, 1.82) is 0 Å². The first-order valence-electron chi connectivity index (χ1n) is 5.62. The molecular weight excluding hydrogens is 200 g/mol. The summed E-state index contributed by atoms with van der Waals surface area (Å²) in [5, 5.41) is 0. The molecule has 1 aromatic rings. The predicted molar refractivity (Wildman–Crippen MR) is 65.2 cm³/mol. The van der Waals surface area contributed by atoms with Gasteiger partial charge >= 0.3 is 5.97 Å². The van der Waals surface area contributed by atoms with Crippen LogP contribution in [0.4, 0.5) is 0 Å². The van der Waals surface area contributed by atoms with Crippen molar-refractivity contribution in [3.05, 3.63) is 48.6 Å². The SMILES string of the molecule is C=CCC[C@H](C(=O)OCC)c1ccccc1. The number of carbonyl (C=O) groups is 1. The number of hydrogen-bond donors (Lipinski definition) is 0. The molecule has 1 aromatic carbocycles. The molecule has 86 valence electrons. The first-order chi connectivity index (χ1) is 7.79. The highest BCUT2D eigenvalue weighted by Crippen LogP contribution is 2.22. The molecule has 0 radical (unpaired) electrons. The van der Waals surface area contributed by atoms with Gasteiger partial charge in [-0.2, -0.15) is 0 Å². The van der Waals surface area contributed by atoms with Crippen molar-refractivity contribution in [2.45, 2.75) is 25.7 Å². The molecule has 0 unspecified atom stereocenters. The summed E-state index contributed by atoms with van der Waals surface area (Å²) in [6.07, 6.45) is 3.40. The fourth-order valence-corrected chi connectivity index (χ4v) is 1.63. The molecule has 0 amide bonds. The molecule has 0 aliphatic carbocycles. The molecule has 0 heterocycles. The van der Waals surface area contributed by atoms with E-state index in [1.807, 2.05) is 43.3 Å². The summed E-state index contributed by atoms with van der Waals surface area (Å²) in [5.41, 5.74) is 1.02. The summed E-state index contributed by atoms with van der Waals surface area (Å²) in [6, 6.07) is 9.75. The molecule has 0 aromatic heterocycles. The molecule has 2 nitrogen and oxygen atoms in total. The van der Waals surface area contributed by atoms with Gasteiger partial charge in [0, 0.05) is 0 Å². The van der Waals surface area contributed by atoms with Gasteiger partial charge in [0.25, 0.3) is 0 Å². The minimum Gasteiger partial charge on any atom is -0.466 e. The lowest BCUT2D eigenvalue weighted by atomic mass is 9.94. The van der Waals surface area contributed by atoms with Crippen LogP contribution >= 0.6 is 0 Å². The first kappa shape index (κ1) is 12.5. The number of esters is 1. The van der Waals surface area contributed by atoms with Gasteiger partial charge in [0.2, 0.25) is 0 Å².